The van der Waals surface area contributed by atoms with Crippen LogP contribution in [-0.4, -0.2) is 6.54 Å². The Morgan fingerprint density at radius 1 is 0.550 bits per heavy atom. The molecule has 1 aliphatic heterocycles. The van der Waals surface area contributed by atoms with Crippen LogP contribution in [0.5, 0.6) is 0 Å². The number of fused-ring (bicyclic) bond motifs is 6. The van der Waals surface area contributed by atoms with Gasteiger partial charge in [-0.2, -0.15) is 0 Å². The summed E-state index contributed by atoms with van der Waals surface area (Å²) in [4.78, 5) is 2.39. The summed E-state index contributed by atoms with van der Waals surface area (Å²) < 4.78 is 1.30. The molecule has 0 atom stereocenters. The first-order chi connectivity index (χ1) is 19.8. The van der Waals surface area contributed by atoms with Crippen LogP contribution in [0.25, 0.3) is 48.8 Å². The Balaban J connectivity index is 1.33. The van der Waals surface area contributed by atoms with Gasteiger partial charge in [0.05, 0.1) is 5.00 Å². The maximum Gasteiger partial charge on any atom is 0.0971 e. The summed E-state index contributed by atoms with van der Waals surface area (Å²) in [6.07, 6.45) is 4.46. The van der Waals surface area contributed by atoms with Crippen LogP contribution in [0, 0.1) is 0 Å². The minimum atomic E-state index is 0.887. The number of anilines is 4. The smallest absolute Gasteiger partial charge is 0.0971 e. The predicted octanol–water partition coefficient (Wildman–Crippen LogP) is 10.8. The van der Waals surface area contributed by atoms with E-state index in [0.29, 0.717) is 0 Å². The molecule has 190 valence electrons. The van der Waals surface area contributed by atoms with Crippen molar-refractivity contribution in [3.8, 4) is 11.1 Å². The molecule has 2 heterocycles. The van der Waals surface area contributed by atoms with Crippen molar-refractivity contribution in [1.29, 1.82) is 0 Å². The fourth-order valence-corrected chi connectivity index (χ4v) is 6.96. The zero-order chi connectivity index (χ0) is 26.5. The molecule has 0 aliphatic carbocycles. The molecule has 2 nitrogen and oxygen atoms in total. The molecule has 0 fully saturated rings. The van der Waals surface area contributed by atoms with E-state index in [0.717, 1.165) is 23.6 Å². The monoisotopic (exact) mass is 530 g/mol. The summed E-state index contributed by atoms with van der Waals surface area (Å²) in [6.45, 7) is 0.887. The number of thiophene rings is 1. The van der Waals surface area contributed by atoms with Crippen LogP contribution in [0.1, 0.15) is 5.56 Å². The maximum atomic E-state index is 3.54. The summed E-state index contributed by atoms with van der Waals surface area (Å²) in [6, 6.07) is 46.3. The van der Waals surface area contributed by atoms with Gasteiger partial charge in [0.15, 0.2) is 0 Å². The molecule has 7 aromatic rings. The Labute approximate surface area is 237 Å². The molecule has 0 unspecified atom stereocenters. The number of nitrogens with one attached hydrogen (secondary N) is 1. The van der Waals surface area contributed by atoms with E-state index in [1.807, 2.05) is 11.3 Å². The SMILES string of the molecule is C1=Cc2c(sc3ccc(N(c4ccc(-c5ccccc5)cc4)c4ccc5ccc6ccccc6c5c4)cc23)NC1. The zero-order valence-electron chi connectivity index (χ0n) is 21.8. The molecule has 0 bridgehead atoms. The first-order valence-electron chi connectivity index (χ1n) is 13.7. The molecule has 40 heavy (non-hydrogen) atoms. The molecule has 0 spiro atoms. The van der Waals surface area contributed by atoms with Gasteiger partial charge in [-0.3, -0.25) is 0 Å². The average Bonchev–Trinajstić information content (AvgIpc) is 3.40. The van der Waals surface area contributed by atoms with Crippen LogP contribution in [0.3, 0.4) is 0 Å². The molecule has 0 amide bonds. The first kappa shape index (κ1) is 23.1. The van der Waals surface area contributed by atoms with Crippen molar-refractivity contribution in [2.75, 3.05) is 16.8 Å². The van der Waals surface area contributed by atoms with E-state index in [-0.39, 0.29) is 0 Å². The predicted molar refractivity (Wildman–Crippen MR) is 174 cm³/mol. The second-order valence-electron chi connectivity index (χ2n) is 10.2. The molecule has 0 saturated heterocycles. The van der Waals surface area contributed by atoms with Gasteiger partial charge in [0.2, 0.25) is 0 Å². The van der Waals surface area contributed by atoms with Crippen LogP contribution in [0.2, 0.25) is 0 Å². The van der Waals surface area contributed by atoms with Crippen molar-refractivity contribution >= 4 is 71.1 Å². The third kappa shape index (κ3) is 3.86. The van der Waals surface area contributed by atoms with Gasteiger partial charge in [0.25, 0.3) is 0 Å². The lowest BCUT2D eigenvalue weighted by Crippen LogP contribution is -2.10. The quantitative estimate of drug-likeness (QED) is 0.228. The Bertz CT molecular complexity index is 2050. The van der Waals surface area contributed by atoms with Gasteiger partial charge in [0, 0.05) is 39.3 Å². The van der Waals surface area contributed by atoms with E-state index >= 15 is 0 Å². The van der Waals surface area contributed by atoms with E-state index in [2.05, 4.69) is 150 Å². The summed E-state index contributed by atoms with van der Waals surface area (Å²) in [5.41, 5.74) is 7.16. The standard InChI is InChI=1S/C37H26N2S/c1-2-7-25(8-3-1)26-14-17-29(18-15-26)39(31-20-21-36-35(24-31)33-11-6-22-38-37(33)40-36)30-19-16-28-13-12-27-9-4-5-10-32(27)34(28)23-30/h1-21,23-24,38H,22H2. The highest BCUT2D eigenvalue weighted by molar-refractivity contribution is 7.23. The van der Waals surface area contributed by atoms with Crippen molar-refractivity contribution < 1.29 is 0 Å². The van der Waals surface area contributed by atoms with Crippen LogP contribution < -0.4 is 10.2 Å². The highest BCUT2D eigenvalue weighted by atomic mass is 32.1. The average molecular weight is 531 g/mol. The number of hydrogen-bond donors (Lipinski definition) is 1. The van der Waals surface area contributed by atoms with E-state index in [4.69, 9.17) is 0 Å². The Kier molecular flexibility index (Phi) is 5.42. The van der Waals surface area contributed by atoms with Crippen molar-refractivity contribution in [1.82, 2.24) is 0 Å². The third-order valence-corrected chi connectivity index (χ3v) is 9.00. The number of rotatable bonds is 4. The molecule has 6 aromatic carbocycles. The van der Waals surface area contributed by atoms with Crippen molar-refractivity contribution in [3.05, 3.63) is 139 Å². The van der Waals surface area contributed by atoms with E-state index in [1.165, 1.54) is 53.3 Å². The van der Waals surface area contributed by atoms with Crippen LogP contribution >= 0.6 is 11.3 Å². The fourth-order valence-electron chi connectivity index (χ4n) is 5.88. The number of nitrogens with zero attached hydrogens (tertiary/aromatic N) is 1. The lowest BCUT2D eigenvalue weighted by molar-refractivity contribution is 1.29. The Hall–Kier alpha value is -4.86. The molecule has 1 aromatic heterocycles. The minimum absolute atomic E-state index is 0.887. The normalized spacial score (nSPS) is 12.5. The molecule has 1 N–H and O–H groups in total. The molecule has 0 saturated carbocycles. The molecular formula is C37H26N2S. The third-order valence-electron chi connectivity index (χ3n) is 7.85. The Morgan fingerprint density at radius 2 is 1.20 bits per heavy atom. The fraction of sp³-hybridized carbons (Fsp3) is 0.0270. The summed E-state index contributed by atoms with van der Waals surface area (Å²) in [5.74, 6) is 0. The molecule has 1 aliphatic rings. The first-order valence-corrected chi connectivity index (χ1v) is 14.5. The summed E-state index contributed by atoms with van der Waals surface area (Å²) in [7, 11) is 0. The van der Waals surface area contributed by atoms with E-state index in [9.17, 15) is 0 Å². The minimum Gasteiger partial charge on any atom is -0.373 e. The van der Waals surface area contributed by atoms with Crippen LogP contribution in [0.4, 0.5) is 22.1 Å². The van der Waals surface area contributed by atoms with Gasteiger partial charge < -0.3 is 10.2 Å². The zero-order valence-corrected chi connectivity index (χ0v) is 22.7. The lowest BCUT2D eigenvalue weighted by Gasteiger charge is -2.26. The summed E-state index contributed by atoms with van der Waals surface area (Å²) in [5, 5.41) is 11.1. The van der Waals surface area contributed by atoms with Crippen molar-refractivity contribution in [2.24, 2.45) is 0 Å². The highest BCUT2D eigenvalue weighted by Crippen LogP contribution is 2.43. The van der Waals surface area contributed by atoms with Crippen molar-refractivity contribution in [3.63, 3.8) is 0 Å². The molecule has 8 rings (SSSR count). The lowest BCUT2D eigenvalue weighted by atomic mass is 10.0. The van der Waals surface area contributed by atoms with Gasteiger partial charge >= 0.3 is 0 Å². The topological polar surface area (TPSA) is 15.3 Å². The van der Waals surface area contributed by atoms with Gasteiger partial charge in [-0.25, -0.2) is 0 Å². The molecular weight excluding hydrogens is 504 g/mol. The summed E-state index contributed by atoms with van der Waals surface area (Å²) >= 11 is 1.83. The maximum absolute atomic E-state index is 3.54. The number of benzene rings is 6. The van der Waals surface area contributed by atoms with E-state index < -0.39 is 0 Å². The second kappa shape index (κ2) is 9.41. The van der Waals surface area contributed by atoms with Gasteiger partial charge in [-0.05, 0) is 75.1 Å². The largest absolute Gasteiger partial charge is 0.373 e. The number of hydrogen-bond acceptors (Lipinski definition) is 3. The Morgan fingerprint density at radius 3 is 2.05 bits per heavy atom. The van der Waals surface area contributed by atoms with E-state index in [1.54, 1.807) is 0 Å². The van der Waals surface area contributed by atoms with Crippen molar-refractivity contribution in [2.45, 2.75) is 0 Å². The van der Waals surface area contributed by atoms with Crippen LogP contribution in [-0.2, 0) is 0 Å². The van der Waals surface area contributed by atoms with Gasteiger partial charge in [0.1, 0.15) is 0 Å². The molecule has 0 radical (unpaired) electrons. The van der Waals surface area contributed by atoms with Gasteiger partial charge in [-0.1, -0.05) is 97.1 Å². The van der Waals surface area contributed by atoms with Gasteiger partial charge in [-0.15, -0.1) is 11.3 Å². The van der Waals surface area contributed by atoms with Crippen LogP contribution in [0.15, 0.2) is 133 Å². The second-order valence-corrected chi connectivity index (χ2v) is 11.3. The molecule has 3 heteroatoms. The highest BCUT2D eigenvalue weighted by Gasteiger charge is 2.18.